The maximum Gasteiger partial charge on any atom is 0.257 e. The van der Waals surface area contributed by atoms with Crippen LogP contribution in [-0.2, 0) is 0 Å². The first kappa shape index (κ1) is 16.4. The van der Waals surface area contributed by atoms with Gasteiger partial charge >= 0.3 is 0 Å². The number of nitrogens with zero attached hydrogens (tertiary/aromatic N) is 1. The van der Waals surface area contributed by atoms with Gasteiger partial charge < -0.3 is 10.6 Å². The molecule has 0 spiro atoms. The zero-order valence-corrected chi connectivity index (χ0v) is 13.7. The Morgan fingerprint density at radius 2 is 1.36 bits per heavy atom. The average molecular weight is 331 g/mol. The molecule has 2 aromatic carbocycles. The fourth-order valence-corrected chi connectivity index (χ4v) is 2.34. The number of carbonyl (C=O) groups is 2. The van der Waals surface area contributed by atoms with Crippen molar-refractivity contribution in [2.24, 2.45) is 0 Å². The van der Waals surface area contributed by atoms with Crippen LogP contribution in [0.1, 0.15) is 26.3 Å². The van der Waals surface area contributed by atoms with Crippen LogP contribution in [0.15, 0.2) is 73.1 Å². The van der Waals surface area contributed by atoms with Crippen LogP contribution in [0.4, 0.5) is 11.4 Å². The standard InChI is InChI=1S/C20H17N3O2/c1-14-6-5-9-18(10-14)23-20(25)16-11-15(12-21-13-16)19(24)22-17-7-3-2-4-8-17/h2-13H,1H3,(H,22,24)(H,23,25). The van der Waals surface area contributed by atoms with Crippen LogP contribution in [0.3, 0.4) is 0 Å². The molecule has 0 aliphatic carbocycles. The second-order valence-electron chi connectivity index (χ2n) is 5.61. The normalized spacial score (nSPS) is 10.1. The van der Waals surface area contributed by atoms with Gasteiger partial charge in [0.1, 0.15) is 0 Å². The van der Waals surface area contributed by atoms with Crippen LogP contribution in [0, 0.1) is 6.92 Å². The molecule has 0 atom stereocenters. The smallest absolute Gasteiger partial charge is 0.257 e. The number of carbonyl (C=O) groups excluding carboxylic acids is 2. The molecule has 25 heavy (non-hydrogen) atoms. The fraction of sp³-hybridized carbons (Fsp3) is 0.0500. The Bertz CT molecular complexity index is 908. The molecule has 0 saturated heterocycles. The summed E-state index contributed by atoms with van der Waals surface area (Å²) in [6.45, 7) is 1.95. The van der Waals surface area contributed by atoms with E-state index in [1.54, 1.807) is 12.1 Å². The first-order valence-corrected chi connectivity index (χ1v) is 7.81. The van der Waals surface area contributed by atoms with Gasteiger partial charge in [0, 0.05) is 23.8 Å². The van der Waals surface area contributed by atoms with Gasteiger partial charge in [0.2, 0.25) is 0 Å². The van der Waals surface area contributed by atoms with E-state index in [-0.39, 0.29) is 11.8 Å². The molecule has 1 aromatic heterocycles. The van der Waals surface area contributed by atoms with E-state index in [2.05, 4.69) is 15.6 Å². The highest BCUT2D eigenvalue weighted by Crippen LogP contribution is 2.13. The highest BCUT2D eigenvalue weighted by atomic mass is 16.2. The van der Waals surface area contributed by atoms with Crippen molar-refractivity contribution < 1.29 is 9.59 Å². The number of hydrogen-bond donors (Lipinski definition) is 2. The summed E-state index contributed by atoms with van der Waals surface area (Å²) in [5.41, 5.74) is 3.07. The first-order chi connectivity index (χ1) is 12.1. The van der Waals surface area contributed by atoms with Crippen molar-refractivity contribution >= 4 is 23.2 Å². The van der Waals surface area contributed by atoms with Crippen molar-refractivity contribution in [3.63, 3.8) is 0 Å². The summed E-state index contributed by atoms with van der Waals surface area (Å²) in [6, 6.07) is 18.1. The van der Waals surface area contributed by atoms with Crippen molar-refractivity contribution in [3.8, 4) is 0 Å². The minimum absolute atomic E-state index is 0.313. The first-order valence-electron chi connectivity index (χ1n) is 7.81. The van der Waals surface area contributed by atoms with Gasteiger partial charge in [-0.1, -0.05) is 30.3 Å². The topological polar surface area (TPSA) is 71.1 Å². The van der Waals surface area contributed by atoms with E-state index in [9.17, 15) is 9.59 Å². The highest BCUT2D eigenvalue weighted by molar-refractivity contribution is 6.08. The minimum atomic E-state index is -0.316. The van der Waals surface area contributed by atoms with E-state index in [0.717, 1.165) is 5.56 Å². The molecule has 5 heteroatoms. The fourth-order valence-electron chi connectivity index (χ4n) is 2.34. The van der Waals surface area contributed by atoms with Crippen LogP contribution >= 0.6 is 0 Å². The predicted octanol–water partition coefficient (Wildman–Crippen LogP) is 3.89. The third-order valence-corrected chi connectivity index (χ3v) is 3.57. The third kappa shape index (κ3) is 4.29. The summed E-state index contributed by atoms with van der Waals surface area (Å²) in [7, 11) is 0. The van der Waals surface area contributed by atoms with Crippen molar-refractivity contribution in [1.29, 1.82) is 0 Å². The average Bonchev–Trinajstić information content (AvgIpc) is 2.62. The number of rotatable bonds is 4. The van der Waals surface area contributed by atoms with E-state index in [4.69, 9.17) is 0 Å². The summed E-state index contributed by atoms with van der Waals surface area (Å²) in [5.74, 6) is -0.628. The van der Waals surface area contributed by atoms with Gasteiger partial charge in [-0.2, -0.15) is 0 Å². The molecule has 5 nitrogen and oxygen atoms in total. The van der Waals surface area contributed by atoms with E-state index in [1.807, 2.05) is 49.4 Å². The lowest BCUT2D eigenvalue weighted by Gasteiger charge is -2.08. The van der Waals surface area contributed by atoms with Crippen LogP contribution in [0.25, 0.3) is 0 Å². The van der Waals surface area contributed by atoms with Crippen molar-refractivity contribution in [3.05, 3.63) is 89.7 Å². The number of anilines is 2. The SMILES string of the molecule is Cc1cccc(NC(=O)c2cncc(C(=O)Nc3ccccc3)c2)c1. The lowest BCUT2D eigenvalue weighted by Crippen LogP contribution is -2.16. The maximum absolute atomic E-state index is 12.4. The largest absolute Gasteiger partial charge is 0.322 e. The number of pyridine rings is 1. The van der Waals surface area contributed by atoms with Crippen LogP contribution < -0.4 is 10.6 Å². The second kappa shape index (κ2) is 7.40. The van der Waals surface area contributed by atoms with Gasteiger partial charge in [-0.3, -0.25) is 14.6 Å². The minimum Gasteiger partial charge on any atom is -0.322 e. The van der Waals surface area contributed by atoms with Crippen LogP contribution in [0.5, 0.6) is 0 Å². The Kier molecular flexibility index (Phi) is 4.85. The van der Waals surface area contributed by atoms with E-state index in [0.29, 0.717) is 22.5 Å². The molecule has 0 bridgehead atoms. The zero-order valence-electron chi connectivity index (χ0n) is 13.7. The van der Waals surface area contributed by atoms with E-state index < -0.39 is 0 Å². The van der Waals surface area contributed by atoms with E-state index >= 15 is 0 Å². The summed E-state index contributed by atoms with van der Waals surface area (Å²) in [5, 5.41) is 5.58. The molecule has 0 aliphatic rings. The van der Waals surface area contributed by atoms with Crippen molar-refractivity contribution in [2.45, 2.75) is 6.92 Å². The number of amides is 2. The maximum atomic E-state index is 12.4. The molecular weight excluding hydrogens is 314 g/mol. The van der Waals surface area contributed by atoms with E-state index in [1.165, 1.54) is 18.5 Å². The van der Waals surface area contributed by atoms with Gasteiger partial charge in [0.15, 0.2) is 0 Å². The summed E-state index contributed by atoms with van der Waals surface area (Å²) in [4.78, 5) is 28.7. The number of para-hydroxylation sites is 1. The molecular formula is C20H17N3O2. The van der Waals surface area contributed by atoms with Gasteiger partial charge in [0.05, 0.1) is 11.1 Å². The molecule has 3 aromatic rings. The van der Waals surface area contributed by atoms with Crippen molar-refractivity contribution in [2.75, 3.05) is 10.6 Å². The lowest BCUT2D eigenvalue weighted by molar-refractivity contribution is 0.102. The molecule has 1 heterocycles. The Labute approximate surface area is 145 Å². The monoisotopic (exact) mass is 331 g/mol. The second-order valence-corrected chi connectivity index (χ2v) is 5.61. The number of aromatic nitrogens is 1. The molecule has 2 N–H and O–H groups in total. The van der Waals surface area contributed by atoms with Gasteiger partial charge in [-0.25, -0.2) is 0 Å². The quantitative estimate of drug-likeness (QED) is 0.762. The highest BCUT2D eigenvalue weighted by Gasteiger charge is 2.12. The third-order valence-electron chi connectivity index (χ3n) is 3.57. The molecule has 0 fully saturated rings. The van der Waals surface area contributed by atoms with Gasteiger partial charge in [-0.05, 0) is 42.8 Å². The molecule has 0 radical (unpaired) electrons. The molecule has 0 saturated carbocycles. The predicted molar refractivity (Wildman–Crippen MR) is 97.8 cm³/mol. The molecule has 0 aliphatic heterocycles. The van der Waals surface area contributed by atoms with Gasteiger partial charge in [-0.15, -0.1) is 0 Å². The number of aryl methyl sites for hydroxylation is 1. The molecule has 3 rings (SSSR count). The number of benzene rings is 2. The van der Waals surface area contributed by atoms with Crippen molar-refractivity contribution in [1.82, 2.24) is 4.98 Å². The van der Waals surface area contributed by atoms with Crippen LogP contribution in [-0.4, -0.2) is 16.8 Å². The van der Waals surface area contributed by atoms with Gasteiger partial charge in [0.25, 0.3) is 11.8 Å². The summed E-state index contributed by atoms with van der Waals surface area (Å²) < 4.78 is 0. The summed E-state index contributed by atoms with van der Waals surface area (Å²) >= 11 is 0. The number of nitrogens with one attached hydrogen (secondary N) is 2. The summed E-state index contributed by atoms with van der Waals surface area (Å²) in [6.07, 6.45) is 2.87. The Hall–Kier alpha value is -3.47. The Morgan fingerprint density at radius 1 is 0.760 bits per heavy atom. The Balaban J connectivity index is 1.74. The molecule has 124 valence electrons. The zero-order chi connectivity index (χ0) is 17.6. The van der Waals surface area contributed by atoms with Crippen LogP contribution in [0.2, 0.25) is 0 Å². The molecule has 2 amide bonds. The molecule has 0 unspecified atom stereocenters. The lowest BCUT2D eigenvalue weighted by atomic mass is 10.1. The number of hydrogen-bond acceptors (Lipinski definition) is 3. The Morgan fingerprint density at radius 3 is 2.00 bits per heavy atom.